The molecule has 0 saturated carbocycles. The highest BCUT2D eigenvalue weighted by Crippen LogP contribution is 2.32. The molecule has 4 rings (SSSR count). The second kappa shape index (κ2) is 9.24. The minimum atomic E-state index is -1.05. The standard InChI is InChI=1S/C22H21N3O5S2/c1-3-16-5-7-19(32-16)30-21(28)24-22(12-31-13-22)20(27)23-15-4-6-17(14(2)10-15)25-8-9-29-11-18(25)26/h1,4-7,10H,8-9,11-13H2,2H3,(H,23,27)(H,24,28). The third-order valence-corrected chi connectivity index (χ3v) is 7.41. The van der Waals surface area contributed by atoms with E-state index in [9.17, 15) is 14.4 Å². The van der Waals surface area contributed by atoms with Gasteiger partial charge in [-0.2, -0.15) is 11.8 Å². The van der Waals surface area contributed by atoms with Crippen LogP contribution >= 0.6 is 23.1 Å². The molecule has 0 atom stereocenters. The highest BCUT2D eigenvalue weighted by atomic mass is 32.2. The van der Waals surface area contributed by atoms with Gasteiger partial charge < -0.3 is 25.0 Å². The van der Waals surface area contributed by atoms with E-state index in [2.05, 4.69) is 16.6 Å². The van der Waals surface area contributed by atoms with Crippen LogP contribution in [0.25, 0.3) is 0 Å². The van der Waals surface area contributed by atoms with Crippen molar-refractivity contribution in [2.45, 2.75) is 12.5 Å². The smallest absolute Gasteiger partial charge is 0.399 e. The average molecular weight is 472 g/mol. The van der Waals surface area contributed by atoms with Crippen LogP contribution in [0.4, 0.5) is 16.2 Å². The van der Waals surface area contributed by atoms with E-state index in [1.807, 2.05) is 6.92 Å². The minimum absolute atomic E-state index is 0.0649. The van der Waals surface area contributed by atoms with E-state index in [-0.39, 0.29) is 18.4 Å². The Hall–Kier alpha value is -3.00. The molecule has 1 aromatic carbocycles. The van der Waals surface area contributed by atoms with Crippen LogP contribution < -0.4 is 20.3 Å². The zero-order valence-corrected chi connectivity index (χ0v) is 18.9. The lowest BCUT2D eigenvalue weighted by Gasteiger charge is -2.39. The molecular formula is C22H21N3O5S2. The number of aryl methyl sites for hydroxylation is 1. The molecule has 2 aliphatic rings. The zero-order valence-electron chi connectivity index (χ0n) is 17.3. The lowest BCUT2D eigenvalue weighted by atomic mass is 10.0. The van der Waals surface area contributed by atoms with Crippen LogP contribution in [0.3, 0.4) is 0 Å². The van der Waals surface area contributed by atoms with Crippen LogP contribution in [0, 0.1) is 19.3 Å². The van der Waals surface area contributed by atoms with E-state index in [0.29, 0.717) is 40.3 Å². The number of ether oxygens (including phenoxy) is 2. The Labute approximate surface area is 193 Å². The van der Waals surface area contributed by atoms with Crippen molar-refractivity contribution in [2.75, 3.05) is 41.5 Å². The maximum Gasteiger partial charge on any atom is 0.414 e. The van der Waals surface area contributed by atoms with Crippen LogP contribution in [-0.4, -0.2) is 54.7 Å². The Morgan fingerprint density at radius 2 is 2.09 bits per heavy atom. The maximum absolute atomic E-state index is 13.0. The summed E-state index contributed by atoms with van der Waals surface area (Å²) >= 11 is 2.73. The molecule has 2 aliphatic heterocycles. The summed E-state index contributed by atoms with van der Waals surface area (Å²) in [5.74, 6) is 2.94. The number of terminal acetylenes is 1. The number of morpholine rings is 1. The first-order valence-electron chi connectivity index (χ1n) is 9.85. The van der Waals surface area contributed by atoms with Crippen LogP contribution in [0.5, 0.6) is 5.06 Å². The van der Waals surface area contributed by atoms with E-state index < -0.39 is 11.6 Å². The summed E-state index contributed by atoms with van der Waals surface area (Å²) in [6.07, 6.45) is 4.63. The first-order valence-corrected chi connectivity index (χ1v) is 11.8. The van der Waals surface area contributed by atoms with Gasteiger partial charge in [-0.3, -0.25) is 9.59 Å². The summed E-state index contributed by atoms with van der Waals surface area (Å²) in [6.45, 7) is 2.92. The highest BCUT2D eigenvalue weighted by Gasteiger charge is 2.47. The number of carbonyl (C=O) groups excluding carboxylic acids is 3. The summed E-state index contributed by atoms with van der Waals surface area (Å²) < 4.78 is 10.5. The molecule has 0 aliphatic carbocycles. The molecule has 0 radical (unpaired) electrons. The molecule has 1 aromatic heterocycles. The summed E-state index contributed by atoms with van der Waals surface area (Å²) in [6, 6.07) is 8.66. The monoisotopic (exact) mass is 471 g/mol. The van der Waals surface area contributed by atoms with Gasteiger partial charge in [0, 0.05) is 29.4 Å². The topological polar surface area (TPSA) is 97.0 Å². The molecule has 166 valence electrons. The average Bonchev–Trinajstić information content (AvgIpc) is 3.19. The molecule has 0 spiro atoms. The van der Waals surface area contributed by atoms with Gasteiger partial charge in [0.05, 0.1) is 11.5 Å². The number of thiophene rings is 1. The van der Waals surface area contributed by atoms with Crippen molar-refractivity contribution in [3.63, 3.8) is 0 Å². The van der Waals surface area contributed by atoms with E-state index in [0.717, 1.165) is 11.3 Å². The number of amides is 3. The van der Waals surface area contributed by atoms with Gasteiger partial charge in [0.15, 0.2) is 5.06 Å². The molecule has 0 unspecified atom stereocenters. The van der Waals surface area contributed by atoms with E-state index >= 15 is 0 Å². The van der Waals surface area contributed by atoms with Crippen molar-refractivity contribution in [1.29, 1.82) is 0 Å². The number of rotatable bonds is 5. The Kier molecular flexibility index (Phi) is 6.41. The van der Waals surface area contributed by atoms with Gasteiger partial charge in [-0.1, -0.05) is 17.3 Å². The van der Waals surface area contributed by atoms with Crippen molar-refractivity contribution in [3.8, 4) is 17.4 Å². The predicted octanol–water partition coefficient (Wildman–Crippen LogP) is 2.61. The quantitative estimate of drug-likeness (QED) is 0.651. The molecule has 2 aromatic rings. The molecule has 8 nitrogen and oxygen atoms in total. The minimum Gasteiger partial charge on any atom is -0.399 e. The van der Waals surface area contributed by atoms with Crippen molar-refractivity contribution in [1.82, 2.24) is 5.32 Å². The summed E-state index contributed by atoms with van der Waals surface area (Å²) in [4.78, 5) is 39.8. The number of benzene rings is 1. The van der Waals surface area contributed by atoms with Crippen LogP contribution in [-0.2, 0) is 14.3 Å². The molecule has 32 heavy (non-hydrogen) atoms. The molecule has 3 heterocycles. The van der Waals surface area contributed by atoms with E-state index in [1.165, 1.54) is 11.3 Å². The van der Waals surface area contributed by atoms with Gasteiger partial charge in [0.1, 0.15) is 12.1 Å². The largest absolute Gasteiger partial charge is 0.414 e. The third kappa shape index (κ3) is 4.60. The first-order chi connectivity index (χ1) is 15.4. The summed E-state index contributed by atoms with van der Waals surface area (Å²) in [5, 5.41) is 5.94. The number of nitrogens with one attached hydrogen (secondary N) is 2. The molecule has 2 N–H and O–H groups in total. The molecule has 2 fully saturated rings. The van der Waals surface area contributed by atoms with Gasteiger partial charge in [0.2, 0.25) is 0 Å². The van der Waals surface area contributed by atoms with Gasteiger partial charge in [0.25, 0.3) is 11.8 Å². The van der Waals surface area contributed by atoms with Crippen LogP contribution in [0.2, 0.25) is 0 Å². The van der Waals surface area contributed by atoms with E-state index in [4.69, 9.17) is 15.9 Å². The van der Waals surface area contributed by atoms with Gasteiger partial charge >= 0.3 is 6.09 Å². The number of thioether (sulfide) groups is 1. The van der Waals surface area contributed by atoms with Crippen LogP contribution in [0.15, 0.2) is 30.3 Å². The molecule has 2 saturated heterocycles. The normalized spacial score (nSPS) is 17.1. The lowest BCUT2D eigenvalue weighted by Crippen LogP contribution is -2.65. The lowest BCUT2D eigenvalue weighted by molar-refractivity contribution is -0.125. The highest BCUT2D eigenvalue weighted by molar-refractivity contribution is 8.01. The van der Waals surface area contributed by atoms with Crippen molar-refractivity contribution < 1.29 is 23.9 Å². The van der Waals surface area contributed by atoms with E-state index in [1.54, 1.807) is 47.0 Å². The second-order valence-corrected chi connectivity index (χ2v) is 9.44. The Bertz CT molecular complexity index is 1100. The summed E-state index contributed by atoms with van der Waals surface area (Å²) in [5.41, 5.74) is 1.17. The fourth-order valence-electron chi connectivity index (χ4n) is 3.39. The van der Waals surface area contributed by atoms with Crippen molar-refractivity contribution >= 4 is 52.4 Å². The van der Waals surface area contributed by atoms with Gasteiger partial charge in [-0.15, -0.1) is 6.42 Å². The van der Waals surface area contributed by atoms with Crippen LogP contribution in [0.1, 0.15) is 10.4 Å². The van der Waals surface area contributed by atoms with Crippen molar-refractivity contribution in [2.24, 2.45) is 0 Å². The number of anilines is 2. The molecule has 10 heteroatoms. The number of hydrogen-bond donors (Lipinski definition) is 2. The Morgan fingerprint density at radius 1 is 1.28 bits per heavy atom. The second-order valence-electron chi connectivity index (χ2n) is 7.41. The number of nitrogens with zero attached hydrogens (tertiary/aromatic N) is 1. The van der Waals surface area contributed by atoms with Gasteiger partial charge in [-0.05, 0) is 42.8 Å². The molecular weight excluding hydrogens is 450 g/mol. The summed E-state index contributed by atoms with van der Waals surface area (Å²) in [7, 11) is 0. The first kappa shape index (κ1) is 22.2. The molecule has 0 bridgehead atoms. The Balaban J connectivity index is 1.41. The maximum atomic E-state index is 13.0. The zero-order chi connectivity index (χ0) is 22.7. The fraction of sp³-hybridized carbons (Fsp3) is 0.318. The van der Waals surface area contributed by atoms with Crippen molar-refractivity contribution in [3.05, 3.63) is 40.8 Å². The SMILES string of the molecule is C#Cc1ccc(OC(=O)NC2(C(=O)Nc3ccc(N4CCOCC4=O)c(C)c3)CSC2)s1. The third-order valence-electron chi connectivity index (χ3n) is 5.12. The number of hydrogen-bond acceptors (Lipinski definition) is 7. The molecule has 3 amide bonds. The van der Waals surface area contributed by atoms with Gasteiger partial charge in [-0.25, -0.2) is 4.79 Å². The Morgan fingerprint density at radius 3 is 2.72 bits per heavy atom. The fourth-order valence-corrected chi connectivity index (χ4v) is 5.07. The number of carbonyl (C=O) groups is 3. The predicted molar refractivity (Wildman–Crippen MR) is 124 cm³/mol.